The second-order valence-electron chi connectivity index (χ2n) is 4.24. The lowest BCUT2D eigenvalue weighted by atomic mass is 9.98. The highest BCUT2D eigenvalue weighted by molar-refractivity contribution is 5.81. The summed E-state index contributed by atoms with van der Waals surface area (Å²) in [7, 11) is 0. The molecule has 0 amide bonds. The molecule has 1 rings (SSSR count). The van der Waals surface area contributed by atoms with E-state index in [0.717, 1.165) is 18.9 Å². The Morgan fingerprint density at radius 1 is 1.67 bits per heavy atom. The zero-order valence-corrected chi connectivity index (χ0v) is 9.23. The molecule has 0 aromatic heterocycles. The Morgan fingerprint density at radius 3 is 2.80 bits per heavy atom. The Morgan fingerprint density at radius 2 is 2.33 bits per heavy atom. The molecule has 86 valence electrons. The van der Waals surface area contributed by atoms with E-state index in [2.05, 4.69) is 6.58 Å². The zero-order chi connectivity index (χ0) is 11.5. The zero-order valence-electron chi connectivity index (χ0n) is 9.23. The summed E-state index contributed by atoms with van der Waals surface area (Å²) >= 11 is 0. The molecule has 2 unspecified atom stereocenters. The number of carbonyl (C=O) groups is 1. The third kappa shape index (κ3) is 3.04. The van der Waals surface area contributed by atoms with Gasteiger partial charge in [-0.05, 0) is 26.7 Å². The molecule has 0 aromatic carbocycles. The number of esters is 1. The van der Waals surface area contributed by atoms with Gasteiger partial charge in [-0.3, -0.25) is 0 Å². The van der Waals surface area contributed by atoms with Gasteiger partial charge in [0.15, 0.2) is 0 Å². The van der Waals surface area contributed by atoms with Crippen molar-refractivity contribution >= 4 is 5.97 Å². The Kier molecular flexibility index (Phi) is 3.88. The molecule has 4 nitrogen and oxygen atoms in total. The molecule has 1 aliphatic heterocycles. The second-order valence-corrected chi connectivity index (χ2v) is 4.24. The van der Waals surface area contributed by atoms with Crippen LogP contribution in [0.4, 0.5) is 0 Å². The highest BCUT2D eigenvalue weighted by Gasteiger charge is 2.39. The maximum atomic E-state index is 11.1. The molecule has 0 spiro atoms. The maximum absolute atomic E-state index is 11.1. The SMILES string of the molecule is C=CC(=O)OC(C)(C)C1CCC(CO)O1. The van der Waals surface area contributed by atoms with Gasteiger partial charge in [0.25, 0.3) is 0 Å². The second kappa shape index (κ2) is 4.77. The van der Waals surface area contributed by atoms with Crippen molar-refractivity contribution in [2.45, 2.75) is 44.5 Å². The highest BCUT2D eigenvalue weighted by Crippen LogP contribution is 2.30. The van der Waals surface area contributed by atoms with Crippen LogP contribution < -0.4 is 0 Å². The van der Waals surface area contributed by atoms with E-state index in [1.54, 1.807) is 13.8 Å². The van der Waals surface area contributed by atoms with Crippen molar-refractivity contribution in [3.8, 4) is 0 Å². The van der Waals surface area contributed by atoms with E-state index in [4.69, 9.17) is 14.6 Å². The van der Waals surface area contributed by atoms with Gasteiger partial charge in [0.2, 0.25) is 0 Å². The van der Waals surface area contributed by atoms with Crippen LogP contribution in [0.25, 0.3) is 0 Å². The third-order valence-corrected chi connectivity index (χ3v) is 2.62. The molecule has 0 aliphatic carbocycles. The number of aliphatic hydroxyl groups is 1. The number of carbonyl (C=O) groups excluding carboxylic acids is 1. The standard InChI is InChI=1S/C11H18O4/c1-4-10(13)15-11(2,3)9-6-5-8(7-12)14-9/h4,8-9,12H,1,5-7H2,2-3H3. The van der Waals surface area contributed by atoms with Crippen LogP contribution >= 0.6 is 0 Å². The number of rotatable bonds is 4. The summed E-state index contributed by atoms with van der Waals surface area (Å²) in [5.41, 5.74) is -0.671. The average Bonchev–Trinajstić information content (AvgIpc) is 2.65. The Bertz CT molecular complexity index is 247. The molecular weight excluding hydrogens is 196 g/mol. The van der Waals surface area contributed by atoms with Crippen LogP contribution in [0.2, 0.25) is 0 Å². The van der Waals surface area contributed by atoms with Crippen LogP contribution in [0, 0.1) is 0 Å². The monoisotopic (exact) mass is 214 g/mol. The summed E-state index contributed by atoms with van der Waals surface area (Å²) in [6, 6.07) is 0. The van der Waals surface area contributed by atoms with Gasteiger partial charge in [0, 0.05) is 6.08 Å². The largest absolute Gasteiger partial charge is 0.454 e. The lowest BCUT2D eigenvalue weighted by Gasteiger charge is -2.30. The summed E-state index contributed by atoms with van der Waals surface area (Å²) < 4.78 is 10.8. The third-order valence-electron chi connectivity index (χ3n) is 2.62. The van der Waals surface area contributed by atoms with Crippen molar-refractivity contribution in [3.05, 3.63) is 12.7 Å². The van der Waals surface area contributed by atoms with E-state index >= 15 is 0 Å². The fourth-order valence-electron chi connectivity index (χ4n) is 1.72. The normalized spacial score (nSPS) is 26.3. The van der Waals surface area contributed by atoms with Crippen molar-refractivity contribution in [1.82, 2.24) is 0 Å². The summed E-state index contributed by atoms with van der Waals surface area (Å²) in [5.74, 6) is -0.448. The number of hydrogen-bond donors (Lipinski definition) is 1. The van der Waals surface area contributed by atoms with Gasteiger partial charge in [-0.1, -0.05) is 6.58 Å². The van der Waals surface area contributed by atoms with E-state index in [0.29, 0.717) is 0 Å². The molecule has 1 heterocycles. The first kappa shape index (κ1) is 12.2. The van der Waals surface area contributed by atoms with Crippen molar-refractivity contribution < 1.29 is 19.4 Å². The predicted octanol–water partition coefficient (Wildman–Crippen LogP) is 1.03. The average molecular weight is 214 g/mol. The van der Waals surface area contributed by atoms with Gasteiger partial charge in [0.1, 0.15) is 5.60 Å². The summed E-state index contributed by atoms with van der Waals surface area (Å²) in [6.07, 6.45) is 2.45. The predicted molar refractivity (Wildman–Crippen MR) is 55.3 cm³/mol. The van der Waals surface area contributed by atoms with Crippen LogP contribution in [0.3, 0.4) is 0 Å². The Hall–Kier alpha value is -0.870. The van der Waals surface area contributed by atoms with Crippen LogP contribution in [0.1, 0.15) is 26.7 Å². The van der Waals surface area contributed by atoms with Crippen molar-refractivity contribution in [1.29, 1.82) is 0 Å². The molecule has 1 fully saturated rings. The molecule has 15 heavy (non-hydrogen) atoms. The molecule has 1 saturated heterocycles. The van der Waals surface area contributed by atoms with Gasteiger partial charge in [0.05, 0.1) is 18.8 Å². The van der Waals surface area contributed by atoms with E-state index in [-0.39, 0.29) is 18.8 Å². The van der Waals surface area contributed by atoms with Crippen LogP contribution in [0.5, 0.6) is 0 Å². The van der Waals surface area contributed by atoms with Gasteiger partial charge >= 0.3 is 5.97 Å². The minimum absolute atomic E-state index is 0.0159. The van der Waals surface area contributed by atoms with Crippen LogP contribution in [0.15, 0.2) is 12.7 Å². The van der Waals surface area contributed by atoms with Gasteiger partial charge < -0.3 is 14.6 Å². The first-order valence-electron chi connectivity index (χ1n) is 5.11. The lowest BCUT2D eigenvalue weighted by Crippen LogP contribution is -2.40. The van der Waals surface area contributed by atoms with E-state index in [1.165, 1.54) is 0 Å². The lowest BCUT2D eigenvalue weighted by molar-refractivity contribution is -0.166. The first-order valence-corrected chi connectivity index (χ1v) is 5.11. The van der Waals surface area contributed by atoms with E-state index < -0.39 is 11.6 Å². The fourth-order valence-corrected chi connectivity index (χ4v) is 1.72. The number of ether oxygens (including phenoxy) is 2. The molecule has 0 aromatic rings. The maximum Gasteiger partial charge on any atom is 0.330 e. The minimum atomic E-state index is -0.671. The summed E-state index contributed by atoms with van der Waals surface area (Å²) in [4.78, 5) is 11.1. The topological polar surface area (TPSA) is 55.8 Å². The number of hydrogen-bond acceptors (Lipinski definition) is 4. The molecule has 0 radical (unpaired) electrons. The molecule has 0 saturated carbocycles. The van der Waals surface area contributed by atoms with Crippen LogP contribution in [-0.2, 0) is 14.3 Å². The van der Waals surface area contributed by atoms with Crippen LogP contribution in [-0.4, -0.2) is 35.5 Å². The van der Waals surface area contributed by atoms with Crippen molar-refractivity contribution in [2.75, 3.05) is 6.61 Å². The summed E-state index contributed by atoms with van der Waals surface area (Å²) in [5, 5.41) is 8.93. The molecule has 4 heteroatoms. The van der Waals surface area contributed by atoms with Gasteiger partial charge in [-0.15, -0.1) is 0 Å². The molecular formula is C11H18O4. The smallest absolute Gasteiger partial charge is 0.330 e. The van der Waals surface area contributed by atoms with Gasteiger partial charge in [-0.25, -0.2) is 4.79 Å². The fraction of sp³-hybridized carbons (Fsp3) is 0.727. The Balaban J connectivity index is 2.54. The van der Waals surface area contributed by atoms with Gasteiger partial charge in [-0.2, -0.15) is 0 Å². The number of aliphatic hydroxyl groups excluding tert-OH is 1. The first-order chi connectivity index (χ1) is 6.99. The van der Waals surface area contributed by atoms with Crippen molar-refractivity contribution in [3.63, 3.8) is 0 Å². The van der Waals surface area contributed by atoms with E-state index in [1.807, 2.05) is 0 Å². The molecule has 2 atom stereocenters. The quantitative estimate of drug-likeness (QED) is 0.561. The Labute approximate surface area is 89.9 Å². The minimum Gasteiger partial charge on any atom is -0.454 e. The molecule has 1 N–H and O–H groups in total. The molecule has 0 bridgehead atoms. The van der Waals surface area contributed by atoms with Crippen molar-refractivity contribution in [2.24, 2.45) is 0 Å². The van der Waals surface area contributed by atoms with E-state index in [9.17, 15) is 4.79 Å². The summed E-state index contributed by atoms with van der Waals surface area (Å²) in [6.45, 7) is 6.97. The highest BCUT2D eigenvalue weighted by atomic mass is 16.6. The molecule has 1 aliphatic rings.